The molecule has 0 fully saturated rings. The van der Waals surface area contributed by atoms with Gasteiger partial charge in [0.05, 0.1) is 11.6 Å². The Morgan fingerprint density at radius 3 is 2.60 bits per heavy atom. The van der Waals surface area contributed by atoms with Gasteiger partial charge in [0.15, 0.2) is 0 Å². The second-order valence-electron chi connectivity index (χ2n) is 4.51. The number of rotatable bonds is 5. The Balaban J connectivity index is 2.18. The predicted octanol–water partition coefficient (Wildman–Crippen LogP) is 1.91. The first-order valence-electron chi connectivity index (χ1n) is 5.88. The van der Waals surface area contributed by atoms with Gasteiger partial charge in [-0.15, -0.1) is 5.10 Å². The number of carbonyl (C=O) groups is 2. The molecule has 1 unspecified atom stereocenters. The Hall–Kier alpha value is -2.28. The van der Waals surface area contributed by atoms with Crippen LogP contribution in [0.1, 0.15) is 18.9 Å². The number of aromatic nitrogens is 2. The van der Waals surface area contributed by atoms with E-state index in [-0.39, 0.29) is 12.3 Å². The van der Waals surface area contributed by atoms with Crippen LogP contribution in [-0.2, 0) is 15.0 Å². The standard InChI is InChI=1S/C13H13N3O3S/c1-13(12(18)19,9-5-3-2-4-6-9)7-10(17)15-11-8-14-16-20-11/h2-6,8H,7H2,1H3,(H,15,17)(H,18,19). The van der Waals surface area contributed by atoms with Crippen LogP contribution >= 0.6 is 11.5 Å². The number of carboxylic acids is 1. The highest BCUT2D eigenvalue weighted by atomic mass is 32.1. The van der Waals surface area contributed by atoms with E-state index in [1.807, 2.05) is 0 Å². The molecule has 1 heterocycles. The summed E-state index contributed by atoms with van der Waals surface area (Å²) in [7, 11) is 0. The quantitative estimate of drug-likeness (QED) is 0.878. The molecular formula is C13H13N3O3S. The third-order valence-electron chi connectivity index (χ3n) is 3.02. The molecule has 1 aromatic carbocycles. The number of hydrogen-bond acceptors (Lipinski definition) is 5. The molecule has 1 atom stereocenters. The molecule has 0 radical (unpaired) electrons. The van der Waals surface area contributed by atoms with Crippen LogP contribution in [0.15, 0.2) is 36.5 Å². The normalized spacial score (nSPS) is 13.4. The minimum atomic E-state index is -1.27. The molecule has 1 aromatic heterocycles. The fourth-order valence-electron chi connectivity index (χ4n) is 1.83. The lowest BCUT2D eigenvalue weighted by molar-refractivity contribution is -0.145. The van der Waals surface area contributed by atoms with Crippen molar-refractivity contribution in [2.24, 2.45) is 0 Å². The van der Waals surface area contributed by atoms with Crippen molar-refractivity contribution in [3.8, 4) is 0 Å². The Morgan fingerprint density at radius 2 is 2.05 bits per heavy atom. The molecule has 2 N–H and O–H groups in total. The van der Waals surface area contributed by atoms with E-state index >= 15 is 0 Å². The molecule has 0 bridgehead atoms. The predicted molar refractivity (Wildman–Crippen MR) is 74.6 cm³/mol. The lowest BCUT2D eigenvalue weighted by atomic mass is 9.79. The number of carboxylic acid groups (broad SMARTS) is 1. The Morgan fingerprint density at radius 1 is 1.35 bits per heavy atom. The van der Waals surface area contributed by atoms with Crippen molar-refractivity contribution in [3.63, 3.8) is 0 Å². The number of hydrogen-bond donors (Lipinski definition) is 2. The van der Waals surface area contributed by atoms with Gasteiger partial charge in [-0.2, -0.15) is 0 Å². The SMILES string of the molecule is CC(CC(=O)Nc1cnns1)(C(=O)O)c1ccccc1. The number of nitrogens with one attached hydrogen (secondary N) is 1. The highest BCUT2D eigenvalue weighted by molar-refractivity contribution is 7.10. The van der Waals surface area contributed by atoms with Crippen molar-refractivity contribution in [1.82, 2.24) is 9.59 Å². The molecule has 0 spiro atoms. The summed E-state index contributed by atoms with van der Waals surface area (Å²) in [5.74, 6) is -1.42. The van der Waals surface area contributed by atoms with Gasteiger partial charge in [-0.05, 0) is 12.5 Å². The van der Waals surface area contributed by atoms with Crippen molar-refractivity contribution in [1.29, 1.82) is 0 Å². The Labute approximate surface area is 119 Å². The lowest BCUT2D eigenvalue weighted by Gasteiger charge is -2.24. The summed E-state index contributed by atoms with van der Waals surface area (Å²) >= 11 is 1.04. The van der Waals surface area contributed by atoms with Crippen LogP contribution in [0.25, 0.3) is 0 Å². The summed E-state index contributed by atoms with van der Waals surface area (Å²) in [6, 6.07) is 8.71. The zero-order valence-corrected chi connectivity index (χ0v) is 11.6. The minimum Gasteiger partial charge on any atom is -0.481 e. The number of nitrogens with zero attached hydrogens (tertiary/aromatic N) is 2. The van der Waals surface area contributed by atoms with Gasteiger partial charge in [-0.25, -0.2) is 0 Å². The monoisotopic (exact) mass is 291 g/mol. The van der Waals surface area contributed by atoms with Gasteiger partial charge in [0.2, 0.25) is 5.91 Å². The van der Waals surface area contributed by atoms with Gasteiger partial charge in [0, 0.05) is 18.0 Å². The van der Waals surface area contributed by atoms with Crippen molar-refractivity contribution >= 4 is 28.4 Å². The van der Waals surface area contributed by atoms with Crippen LogP contribution in [0.5, 0.6) is 0 Å². The maximum atomic E-state index is 12.0. The minimum absolute atomic E-state index is 0.162. The van der Waals surface area contributed by atoms with Crippen LogP contribution in [-0.4, -0.2) is 26.6 Å². The summed E-state index contributed by atoms with van der Waals surface area (Å²) in [5.41, 5.74) is -0.686. The molecule has 0 saturated carbocycles. The topological polar surface area (TPSA) is 92.2 Å². The number of benzene rings is 1. The summed E-state index contributed by atoms with van der Waals surface area (Å²) in [5, 5.41) is 16.2. The van der Waals surface area contributed by atoms with Gasteiger partial charge in [-0.1, -0.05) is 34.8 Å². The van der Waals surface area contributed by atoms with Crippen LogP contribution in [0.4, 0.5) is 5.00 Å². The summed E-state index contributed by atoms with van der Waals surface area (Å²) < 4.78 is 3.63. The summed E-state index contributed by atoms with van der Waals surface area (Å²) in [6.07, 6.45) is 1.26. The van der Waals surface area contributed by atoms with Crippen LogP contribution in [0.2, 0.25) is 0 Å². The Kier molecular flexibility index (Phi) is 4.09. The van der Waals surface area contributed by atoms with E-state index < -0.39 is 11.4 Å². The zero-order chi connectivity index (χ0) is 14.6. The molecule has 0 saturated heterocycles. The first-order chi connectivity index (χ1) is 9.52. The lowest BCUT2D eigenvalue weighted by Crippen LogP contribution is -2.36. The molecule has 2 rings (SSSR count). The van der Waals surface area contributed by atoms with Crippen LogP contribution in [0.3, 0.4) is 0 Å². The molecule has 0 aliphatic carbocycles. The number of aliphatic carboxylic acids is 1. The van der Waals surface area contributed by atoms with E-state index in [1.54, 1.807) is 30.3 Å². The molecule has 20 heavy (non-hydrogen) atoms. The van der Waals surface area contributed by atoms with Gasteiger partial charge in [0.25, 0.3) is 0 Å². The van der Waals surface area contributed by atoms with Crippen molar-refractivity contribution in [3.05, 3.63) is 42.1 Å². The van der Waals surface area contributed by atoms with Gasteiger partial charge in [0.1, 0.15) is 5.00 Å². The molecule has 104 valence electrons. The molecule has 6 nitrogen and oxygen atoms in total. The average Bonchev–Trinajstić information content (AvgIpc) is 2.92. The van der Waals surface area contributed by atoms with E-state index in [9.17, 15) is 14.7 Å². The smallest absolute Gasteiger partial charge is 0.314 e. The van der Waals surface area contributed by atoms with Crippen molar-refractivity contribution in [2.75, 3.05) is 5.32 Å². The maximum absolute atomic E-state index is 12.0. The first-order valence-corrected chi connectivity index (χ1v) is 6.66. The van der Waals surface area contributed by atoms with E-state index in [0.717, 1.165) is 11.5 Å². The Bertz CT molecular complexity index is 601. The van der Waals surface area contributed by atoms with E-state index in [0.29, 0.717) is 10.6 Å². The molecule has 0 aliphatic rings. The fourth-order valence-corrected chi connectivity index (χ4v) is 2.27. The number of amides is 1. The van der Waals surface area contributed by atoms with Gasteiger partial charge >= 0.3 is 5.97 Å². The highest BCUT2D eigenvalue weighted by Crippen LogP contribution is 2.28. The third kappa shape index (κ3) is 3.00. The largest absolute Gasteiger partial charge is 0.481 e. The number of carbonyl (C=O) groups excluding carboxylic acids is 1. The second kappa shape index (κ2) is 5.79. The van der Waals surface area contributed by atoms with E-state index in [1.165, 1.54) is 13.1 Å². The first kappa shape index (κ1) is 14.1. The zero-order valence-electron chi connectivity index (χ0n) is 10.7. The van der Waals surface area contributed by atoms with E-state index in [4.69, 9.17) is 0 Å². The fraction of sp³-hybridized carbons (Fsp3) is 0.231. The average molecular weight is 291 g/mol. The van der Waals surface area contributed by atoms with Gasteiger partial charge < -0.3 is 10.4 Å². The highest BCUT2D eigenvalue weighted by Gasteiger charge is 2.37. The maximum Gasteiger partial charge on any atom is 0.314 e. The van der Waals surface area contributed by atoms with Crippen LogP contribution in [0, 0.1) is 0 Å². The van der Waals surface area contributed by atoms with E-state index in [2.05, 4.69) is 14.9 Å². The molecular weight excluding hydrogens is 278 g/mol. The molecule has 7 heteroatoms. The molecule has 0 aliphatic heterocycles. The summed E-state index contributed by atoms with van der Waals surface area (Å²) in [6.45, 7) is 1.54. The van der Waals surface area contributed by atoms with Gasteiger partial charge in [-0.3, -0.25) is 9.59 Å². The van der Waals surface area contributed by atoms with Crippen molar-refractivity contribution in [2.45, 2.75) is 18.8 Å². The number of anilines is 1. The van der Waals surface area contributed by atoms with Crippen LogP contribution < -0.4 is 5.32 Å². The second-order valence-corrected chi connectivity index (χ2v) is 5.30. The summed E-state index contributed by atoms with van der Waals surface area (Å²) in [4.78, 5) is 23.5. The molecule has 2 aromatic rings. The molecule has 1 amide bonds. The van der Waals surface area contributed by atoms with Crippen molar-refractivity contribution < 1.29 is 14.7 Å². The third-order valence-corrected chi connectivity index (χ3v) is 3.60.